The van der Waals surface area contributed by atoms with Crippen molar-refractivity contribution in [2.75, 3.05) is 30.3 Å². The van der Waals surface area contributed by atoms with E-state index in [1.54, 1.807) is 24.3 Å². The van der Waals surface area contributed by atoms with Crippen LogP contribution in [0.3, 0.4) is 0 Å². The van der Waals surface area contributed by atoms with Gasteiger partial charge in [0.25, 0.3) is 5.91 Å². The molecule has 1 heterocycles. The SMILES string of the molecule is O=C(NCCc1ccccc1F)C(=O)NCC[C@H](NC(=O)c1ccc(Nc2nc(NC3(c4ccc(Cl)cc4)CC3)nc(OCC(F)(F)F)n2)cc1)C(=O)O. The van der Waals surface area contributed by atoms with Crippen molar-refractivity contribution in [2.45, 2.75) is 43.4 Å². The first-order chi connectivity index (χ1) is 25.7. The molecule has 0 aliphatic heterocycles. The van der Waals surface area contributed by atoms with Gasteiger partial charge in [0.1, 0.15) is 11.9 Å². The van der Waals surface area contributed by atoms with Crippen molar-refractivity contribution in [3.63, 3.8) is 0 Å². The number of alkyl halides is 3. The summed E-state index contributed by atoms with van der Waals surface area (Å²) in [5.41, 5.74) is 1.03. The maximum Gasteiger partial charge on any atom is 0.422 e. The second kappa shape index (κ2) is 17.2. The standard InChI is InChI=1S/C35H33ClF4N8O6/c36-23-9-7-22(8-10-23)34(15-16-34)48-32-45-31(46-33(47-32)54-19-35(38,39)40)43-24-11-5-21(6-12-24)27(49)44-26(30(52)53)14-18-42-29(51)28(50)41-17-13-20-3-1-2-4-25(20)37/h1-12,26H,13-19H2,(H,41,50)(H,42,51)(H,44,49)(H,52,53)(H2,43,45,46,47,48)/t26-/m0/s1. The Morgan fingerprint density at radius 3 is 2.15 bits per heavy atom. The highest BCUT2D eigenvalue weighted by Crippen LogP contribution is 2.48. The van der Waals surface area contributed by atoms with E-state index in [4.69, 9.17) is 16.3 Å². The van der Waals surface area contributed by atoms with Gasteiger partial charge in [-0.3, -0.25) is 14.4 Å². The van der Waals surface area contributed by atoms with E-state index >= 15 is 0 Å². The number of benzene rings is 3. The molecule has 1 aliphatic carbocycles. The number of nitrogens with zero attached hydrogens (tertiary/aromatic N) is 3. The number of hydrogen-bond acceptors (Lipinski definition) is 10. The van der Waals surface area contributed by atoms with Crippen LogP contribution in [0.2, 0.25) is 5.02 Å². The average Bonchev–Trinajstić information content (AvgIpc) is 3.91. The molecule has 0 spiro atoms. The molecule has 5 rings (SSSR count). The number of carbonyl (C=O) groups excluding carboxylic acids is 3. The number of carboxylic acid groups (broad SMARTS) is 1. The number of carboxylic acids is 1. The average molecular weight is 773 g/mol. The number of rotatable bonds is 16. The Hall–Kier alpha value is -6.04. The van der Waals surface area contributed by atoms with Gasteiger partial charge in [0.15, 0.2) is 6.61 Å². The number of aromatic nitrogens is 3. The first-order valence-electron chi connectivity index (χ1n) is 16.4. The zero-order valence-corrected chi connectivity index (χ0v) is 28.9. The van der Waals surface area contributed by atoms with Crippen LogP contribution in [-0.4, -0.2) is 75.7 Å². The minimum atomic E-state index is -4.65. The molecule has 1 fully saturated rings. The molecule has 19 heteroatoms. The minimum absolute atomic E-state index is 0.00764. The quantitative estimate of drug-likeness (QED) is 0.0693. The van der Waals surface area contributed by atoms with Crippen LogP contribution in [-0.2, 0) is 26.3 Å². The first kappa shape index (κ1) is 39.2. The number of aliphatic carboxylic acids is 1. The van der Waals surface area contributed by atoms with Gasteiger partial charge in [-0.05, 0) is 79.3 Å². The van der Waals surface area contributed by atoms with Crippen molar-refractivity contribution in [3.05, 3.63) is 100 Å². The van der Waals surface area contributed by atoms with Gasteiger partial charge in [0, 0.05) is 29.4 Å². The Balaban J connectivity index is 1.16. The van der Waals surface area contributed by atoms with E-state index in [1.165, 1.54) is 36.4 Å². The molecule has 0 unspecified atom stereocenters. The van der Waals surface area contributed by atoms with Crippen LogP contribution in [0.5, 0.6) is 6.01 Å². The fourth-order valence-electron chi connectivity index (χ4n) is 5.11. The third kappa shape index (κ3) is 11.2. The van der Waals surface area contributed by atoms with E-state index in [0.29, 0.717) is 29.1 Å². The third-order valence-corrected chi connectivity index (χ3v) is 8.30. The zero-order valence-electron chi connectivity index (χ0n) is 28.2. The van der Waals surface area contributed by atoms with Crippen LogP contribution in [0.25, 0.3) is 0 Å². The summed E-state index contributed by atoms with van der Waals surface area (Å²) in [6.45, 7) is -1.91. The minimum Gasteiger partial charge on any atom is -0.480 e. The van der Waals surface area contributed by atoms with Gasteiger partial charge in [-0.2, -0.15) is 28.1 Å². The molecule has 54 heavy (non-hydrogen) atoms. The molecule has 3 amide bonds. The van der Waals surface area contributed by atoms with Crippen LogP contribution in [0.4, 0.5) is 35.1 Å². The highest BCUT2D eigenvalue weighted by Gasteiger charge is 2.45. The van der Waals surface area contributed by atoms with Gasteiger partial charge >= 0.3 is 30.0 Å². The normalized spacial score (nSPS) is 13.6. The molecule has 1 aromatic heterocycles. The van der Waals surface area contributed by atoms with E-state index in [0.717, 1.165) is 5.56 Å². The number of nitrogens with one attached hydrogen (secondary N) is 5. The highest BCUT2D eigenvalue weighted by molar-refractivity contribution is 6.35. The molecule has 284 valence electrons. The number of amides is 3. The number of carbonyl (C=O) groups is 4. The maximum absolute atomic E-state index is 13.7. The predicted octanol–water partition coefficient (Wildman–Crippen LogP) is 4.50. The molecular weight excluding hydrogens is 740 g/mol. The van der Waals surface area contributed by atoms with Crippen molar-refractivity contribution in [3.8, 4) is 6.01 Å². The Bertz CT molecular complexity index is 1980. The fraction of sp³-hybridized carbons (Fsp3) is 0.286. The molecule has 6 N–H and O–H groups in total. The van der Waals surface area contributed by atoms with E-state index in [1.807, 2.05) is 12.1 Å². The Morgan fingerprint density at radius 1 is 0.870 bits per heavy atom. The number of anilines is 3. The first-order valence-corrected chi connectivity index (χ1v) is 16.8. The van der Waals surface area contributed by atoms with Crippen molar-refractivity contribution in [1.82, 2.24) is 30.9 Å². The smallest absolute Gasteiger partial charge is 0.422 e. The fourth-order valence-corrected chi connectivity index (χ4v) is 5.23. The van der Waals surface area contributed by atoms with E-state index in [-0.39, 0.29) is 43.4 Å². The lowest BCUT2D eigenvalue weighted by Gasteiger charge is -2.19. The van der Waals surface area contributed by atoms with Gasteiger partial charge in [-0.25, -0.2) is 9.18 Å². The number of hydrogen-bond donors (Lipinski definition) is 6. The largest absolute Gasteiger partial charge is 0.480 e. The topological polar surface area (TPSA) is 197 Å². The van der Waals surface area contributed by atoms with Gasteiger partial charge in [-0.1, -0.05) is 41.9 Å². The molecule has 4 aromatic rings. The molecular formula is C35H33ClF4N8O6. The van der Waals surface area contributed by atoms with Crippen molar-refractivity contribution >= 4 is 52.9 Å². The van der Waals surface area contributed by atoms with Crippen molar-refractivity contribution in [1.29, 1.82) is 0 Å². The summed E-state index contributed by atoms with van der Waals surface area (Å²) in [5.74, 6) is -4.84. The monoisotopic (exact) mass is 772 g/mol. The second-order valence-electron chi connectivity index (χ2n) is 12.1. The molecule has 3 aromatic carbocycles. The summed E-state index contributed by atoms with van der Waals surface area (Å²) >= 11 is 6.01. The van der Waals surface area contributed by atoms with Crippen LogP contribution in [0.1, 0.15) is 40.7 Å². The van der Waals surface area contributed by atoms with Crippen LogP contribution < -0.4 is 31.3 Å². The summed E-state index contributed by atoms with van der Waals surface area (Å²) < 4.78 is 57.3. The Kier molecular flexibility index (Phi) is 12.5. The van der Waals surface area contributed by atoms with Crippen LogP contribution >= 0.6 is 11.6 Å². The lowest BCUT2D eigenvalue weighted by atomic mass is 10.1. The molecule has 1 aliphatic rings. The molecule has 0 bridgehead atoms. The summed E-state index contributed by atoms with van der Waals surface area (Å²) in [4.78, 5) is 61.2. The van der Waals surface area contributed by atoms with Gasteiger partial charge < -0.3 is 36.4 Å². The third-order valence-electron chi connectivity index (χ3n) is 8.05. The van der Waals surface area contributed by atoms with E-state index in [2.05, 4.69) is 41.5 Å². The summed E-state index contributed by atoms with van der Waals surface area (Å²) in [5, 5.41) is 23.1. The van der Waals surface area contributed by atoms with Crippen molar-refractivity contribution < 1.29 is 46.6 Å². The van der Waals surface area contributed by atoms with Gasteiger partial charge in [0.2, 0.25) is 11.9 Å². The number of ether oxygens (including phenoxy) is 1. The van der Waals surface area contributed by atoms with Crippen LogP contribution in [0, 0.1) is 5.82 Å². The molecule has 0 saturated heterocycles. The predicted molar refractivity (Wildman–Crippen MR) is 187 cm³/mol. The highest BCUT2D eigenvalue weighted by atomic mass is 35.5. The van der Waals surface area contributed by atoms with Gasteiger partial charge in [-0.15, -0.1) is 0 Å². The molecule has 1 saturated carbocycles. The second-order valence-corrected chi connectivity index (χ2v) is 12.5. The van der Waals surface area contributed by atoms with E-state index in [9.17, 15) is 41.8 Å². The number of halogens is 5. The molecule has 14 nitrogen and oxygen atoms in total. The van der Waals surface area contributed by atoms with E-state index < -0.39 is 59.9 Å². The molecule has 0 radical (unpaired) electrons. The van der Waals surface area contributed by atoms with Crippen molar-refractivity contribution in [2.24, 2.45) is 0 Å². The lowest BCUT2D eigenvalue weighted by Crippen LogP contribution is -2.45. The Labute approximate surface area is 310 Å². The van der Waals surface area contributed by atoms with Crippen LogP contribution in [0.15, 0.2) is 72.8 Å². The maximum atomic E-state index is 13.7. The Morgan fingerprint density at radius 2 is 1.52 bits per heavy atom. The molecule has 1 atom stereocenters. The summed E-state index contributed by atoms with van der Waals surface area (Å²) in [6.07, 6.45) is -3.37. The van der Waals surface area contributed by atoms with Gasteiger partial charge in [0.05, 0.1) is 5.54 Å². The zero-order chi connectivity index (χ0) is 38.9. The lowest BCUT2D eigenvalue weighted by molar-refractivity contribution is -0.154. The summed E-state index contributed by atoms with van der Waals surface area (Å²) in [7, 11) is 0. The summed E-state index contributed by atoms with van der Waals surface area (Å²) in [6, 6.07) is 16.6.